The first-order valence-electron chi connectivity index (χ1n) is 10.5. The molecular formula is C25H24FN3O4. The molecule has 2 aliphatic heterocycles. The molecule has 8 heteroatoms. The Hall–Kier alpha value is -3.78. The topological polar surface area (TPSA) is 81.2 Å². The Kier molecular flexibility index (Phi) is 5.63. The van der Waals surface area contributed by atoms with Gasteiger partial charge in [-0.3, -0.25) is 14.4 Å². The monoisotopic (exact) mass is 449 g/mol. The van der Waals surface area contributed by atoms with Crippen LogP contribution in [0.3, 0.4) is 0 Å². The maximum atomic E-state index is 14.0. The number of carbonyl (C=O) groups is 3. The van der Waals surface area contributed by atoms with Gasteiger partial charge < -0.3 is 19.8 Å². The summed E-state index contributed by atoms with van der Waals surface area (Å²) in [7, 11) is 3.63. The number of nitrogens with zero attached hydrogens (tertiary/aromatic N) is 3. The van der Waals surface area contributed by atoms with E-state index >= 15 is 0 Å². The average molecular weight is 449 g/mol. The van der Waals surface area contributed by atoms with Crippen LogP contribution in [-0.2, 0) is 19.9 Å². The van der Waals surface area contributed by atoms with Crippen molar-refractivity contribution in [3.63, 3.8) is 0 Å². The standard InChI is InChI=1S/C25H24FN3O4/c1-4-13-28-19-8-6-5-7-18(19)25(24(28)33)20(21(30)16-9-11-17(26)12-10-16)22(31)23(32)29(25)15-14-27(2)3/h4-12,30H,1,13-15H2,2-3H3/b21-20-. The number of hydrogen-bond donors (Lipinski definition) is 1. The Bertz CT molecular complexity index is 1190. The first-order valence-corrected chi connectivity index (χ1v) is 10.5. The number of rotatable bonds is 6. The van der Waals surface area contributed by atoms with Crippen molar-refractivity contribution in [1.82, 2.24) is 9.80 Å². The van der Waals surface area contributed by atoms with E-state index in [1.165, 1.54) is 21.9 Å². The first kappa shape index (κ1) is 22.4. The summed E-state index contributed by atoms with van der Waals surface area (Å²) >= 11 is 0. The number of hydrogen-bond acceptors (Lipinski definition) is 5. The molecule has 1 atom stereocenters. The third-order valence-corrected chi connectivity index (χ3v) is 6.01. The second-order valence-corrected chi connectivity index (χ2v) is 8.25. The SMILES string of the molecule is C=CCN1C(=O)C2(/C(=C(\O)c3ccc(F)cc3)C(=O)C(=O)N2CCN(C)C)c2ccccc21. The molecule has 2 amide bonds. The third kappa shape index (κ3) is 3.25. The highest BCUT2D eigenvalue weighted by atomic mass is 19.1. The number of aliphatic hydroxyl groups is 1. The minimum Gasteiger partial charge on any atom is -0.507 e. The molecular weight excluding hydrogens is 425 g/mol. The van der Waals surface area contributed by atoms with Crippen LogP contribution in [0, 0.1) is 5.82 Å². The van der Waals surface area contributed by atoms with E-state index in [2.05, 4.69) is 6.58 Å². The fourth-order valence-corrected chi connectivity index (χ4v) is 4.53. The number of aliphatic hydroxyl groups excluding tert-OH is 1. The summed E-state index contributed by atoms with van der Waals surface area (Å²) in [6.45, 7) is 4.35. The van der Waals surface area contributed by atoms with Gasteiger partial charge in [0.05, 0.1) is 11.3 Å². The molecule has 2 aromatic rings. The van der Waals surface area contributed by atoms with E-state index < -0.39 is 34.7 Å². The summed E-state index contributed by atoms with van der Waals surface area (Å²) in [5.41, 5.74) is -1.05. The smallest absolute Gasteiger partial charge is 0.296 e. The zero-order valence-electron chi connectivity index (χ0n) is 18.4. The van der Waals surface area contributed by atoms with E-state index in [-0.39, 0.29) is 24.2 Å². The summed E-state index contributed by atoms with van der Waals surface area (Å²) in [4.78, 5) is 45.2. The van der Waals surface area contributed by atoms with Gasteiger partial charge in [-0.25, -0.2) is 4.39 Å². The highest BCUT2D eigenvalue weighted by Crippen LogP contribution is 2.53. The molecule has 2 aromatic carbocycles. The lowest BCUT2D eigenvalue weighted by Gasteiger charge is -2.35. The minimum absolute atomic E-state index is 0.0831. The number of likely N-dealkylation sites (tertiary alicyclic amines) is 1. The first-order chi connectivity index (χ1) is 15.7. The molecule has 170 valence electrons. The number of likely N-dealkylation sites (N-methyl/N-ethyl adjacent to an activating group) is 1. The zero-order chi connectivity index (χ0) is 23.9. The average Bonchev–Trinajstić information content (AvgIpc) is 3.16. The molecule has 0 saturated carbocycles. The molecule has 0 aromatic heterocycles. The Morgan fingerprint density at radius 1 is 1.12 bits per heavy atom. The van der Waals surface area contributed by atoms with Crippen LogP contribution < -0.4 is 4.90 Å². The predicted octanol–water partition coefficient (Wildman–Crippen LogP) is 2.50. The van der Waals surface area contributed by atoms with Crippen LogP contribution >= 0.6 is 0 Å². The molecule has 1 N–H and O–H groups in total. The molecule has 33 heavy (non-hydrogen) atoms. The van der Waals surface area contributed by atoms with Crippen molar-refractivity contribution in [2.45, 2.75) is 5.54 Å². The van der Waals surface area contributed by atoms with Gasteiger partial charge in [0.25, 0.3) is 17.6 Å². The van der Waals surface area contributed by atoms with E-state index in [4.69, 9.17) is 0 Å². The Morgan fingerprint density at radius 2 is 1.79 bits per heavy atom. The fraction of sp³-hybridized carbons (Fsp3) is 0.240. The molecule has 4 rings (SSSR count). The number of Topliss-reactive ketones (excluding diaryl/α,β-unsaturated/α-hetero) is 1. The van der Waals surface area contributed by atoms with Crippen LogP contribution in [0.1, 0.15) is 11.1 Å². The molecule has 7 nitrogen and oxygen atoms in total. The van der Waals surface area contributed by atoms with Gasteiger partial charge in [0.1, 0.15) is 11.6 Å². The molecule has 1 spiro atoms. The van der Waals surface area contributed by atoms with E-state index in [0.29, 0.717) is 17.8 Å². The van der Waals surface area contributed by atoms with Crippen LogP contribution in [0.2, 0.25) is 0 Å². The van der Waals surface area contributed by atoms with Crippen LogP contribution in [0.5, 0.6) is 0 Å². The number of para-hydroxylation sites is 1. The van der Waals surface area contributed by atoms with E-state index in [9.17, 15) is 23.9 Å². The Labute approximate surface area is 191 Å². The van der Waals surface area contributed by atoms with E-state index in [1.807, 2.05) is 19.0 Å². The summed E-state index contributed by atoms with van der Waals surface area (Å²) in [5.74, 6) is -3.40. The molecule has 0 aliphatic carbocycles. The van der Waals surface area contributed by atoms with Crippen molar-refractivity contribution in [3.05, 3.63) is 83.7 Å². The van der Waals surface area contributed by atoms with Gasteiger partial charge in [-0.2, -0.15) is 0 Å². The highest BCUT2D eigenvalue weighted by Gasteiger charge is 2.66. The van der Waals surface area contributed by atoms with Gasteiger partial charge in [-0.1, -0.05) is 24.3 Å². The molecule has 2 aliphatic rings. The Balaban J connectivity index is 2.05. The van der Waals surface area contributed by atoms with Crippen molar-refractivity contribution < 1.29 is 23.9 Å². The molecule has 1 fully saturated rings. The van der Waals surface area contributed by atoms with Crippen molar-refractivity contribution in [1.29, 1.82) is 0 Å². The third-order valence-electron chi connectivity index (χ3n) is 6.01. The lowest BCUT2D eigenvalue weighted by Crippen LogP contribution is -2.53. The van der Waals surface area contributed by atoms with Gasteiger partial charge in [0, 0.05) is 30.8 Å². The molecule has 0 radical (unpaired) electrons. The highest BCUT2D eigenvalue weighted by molar-refractivity contribution is 6.50. The van der Waals surface area contributed by atoms with Gasteiger partial charge in [-0.05, 0) is 44.4 Å². The van der Waals surface area contributed by atoms with E-state index in [1.54, 1.807) is 30.3 Å². The van der Waals surface area contributed by atoms with Gasteiger partial charge in [0.15, 0.2) is 5.54 Å². The number of carbonyl (C=O) groups excluding carboxylic acids is 3. The Morgan fingerprint density at radius 3 is 2.42 bits per heavy atom. The number of amides is 2. The summed E-state index contributed by atoms with van der Waals surface area (Å²) < 4.78 is 13.5. The summed E-state index contributed by atoms with van der Waals surface area (Å²) in [6.07, 6.45) is 1.56. The lowest BCUT2D eigenvalue weighted by molar-refractivity contribution is -0.143. The fourth-order valence-electron chi connectivity index (χ4n) is 4.53. The number of fused-ring (bicyclic) bond motifs is 2. The van der Waals surface area contributed by atoms with Gasteiger partial charge in [-0.15, -0.1) is 6.58 Å². The van der Waals surface area contributed by atoms with E-state index in [0.717, 1.165) is 12.1 Å². The van der Waals surface area contributed by atoms with Crippen LogP contribution in [0.4, 0.5) is 10.1 Å². The molecule has 0 bridgehead atoms. The van der Waals surface area contributed by atoms with Gasteiger partial charge >= 0.3 is 0 Å². The largest absolute Gasteiger partial charge is 0.507 e. The summed E-state index contributed by atoms with van der Waals surface area (Å²) in [5, 5.41) is 11.2. The van der Waals surface area contributed by atoms with Crippen molar-refractivity contribution >= 4 is 29.0 Å². The maximum Gasteiger partial charge on any atom is 0.296 e. The molecule has 2 heterocycles. The second-order valence-electron chi connectivity index (χ2n) is 8.25. The second kappa shape index (κ2) is 8.29. The summed E-state index contributed by atoms with van der Waals surface area (Å²) in [6, 6.07) is 11.8. The number of ketones is 1. The quantitative estimate of drug-likeness (QED) is 0.317. The predicted molar refractivity (Wildman–Crippen MR) is 122 cm³/mol. The zero-order valence-corrected chi connectivity index (χ0v) is 18.4. The number of halogens is 1. The number of benzene rings is 2. The van der Waals surface area contributed by atoms with Crippen molar-refractivity contribution in [2.24, 2.45) is 0 Å². The van der Waals surface area contributed by atoms with Gasteiger partial charge in [0.2, 0.25) is 0 Å². The maximum absolute atomic E-state index is 14.0. The van der Waals surface area contributed by atoms with Crippen LogP contribution in [0.15, 0.2) is 66.8 Å². The van der Waals surface area contributed by atoms with Crippen LogP contribution in [-0.4, -0.2) is 66.2 Å². The lowest BCUT2D eigenvalue weighted by atomic mass is 9.82. The van der Waals surface area contributed by atoms with Crippen molar-refractivity contribution in [3.8, 4) is 0 Å². The molecule has 1 unspecified atom stereocenters. The van der Waals surface area contributed by atoms with Crippen LogP contribution in [0.25, 0.3) is 5.76 Å². The van der Waals surface area contributed by atoms with Crippen molar-refractivity contribution in [2.75, 3.05) is 38.6 Å². The minimum atomic E-state index is -1.83. The number of anilines is 1. The normalized spacial score (nSPS) is 21.4. The molecule has 1 saturated heterocycles.